The highest BCUT2D eigenvalue weighted by Gasteiger charge is 2.18. The minimum atomic E-state index is -1.09. The number of ether oxygens (including phenoxy) is 3. The first-order valence-corrected chi connectivity index (χ1v) is 10.8. The Bertz CT molecular complexity index is 1100. The quantitative estimate of drug-likeness (QED) is 0.233. The van der Waals surface area contributed by atoms with Gasteiger partial charge in [-0.3, -0.25) is 0 Å². The van der Waals surface area contributed by atoms with Gasteiger partial charge in [-0.05, 0) is 67.4 Å². The van der Waals surface area contributed by atoms with Crippen molar-refractivity contribution in [3.63, 3.8) is 0 Å². The Morgan fingerprint density at radius 3 is 2.30 bits per heavy atom. The van der Waals surface area contributed by atoms with Crippen LogP contribution in [0.25, 0.3) is 11.1 Å². The lowest BCUT2D eigenvalue weighted by Crippen LogP contribution is -2.10. The van der Waals surface area contributed by atoms with Crippen molar-refractivity contribution in [1.29, 1.82) is 0 Å². The zero-order valence-electron chi connectivity index (χ0n) is 18.6. The molecule has 0 amide bonds. The molecule has 0 unspecified atom stereocenters. The molecular formula is C26H26F2O5. The molecule has 0 aromatic heterocycles. The van der Waals surface area contributed by atoms with Crippen molar-refractivity contribution in [2.24, 2.45) is 0 Å². The standard InChI is InChI=1S/C26H26F2O5/c1-3-5-14-32-20-9-6-17(7-10-20)26(30)33-22-12-8-18(15-19(22)16-29)21-11-13-23(31-4-2)25(28)24(21)27/h6-13,15,29H,3-5,14,16H2,1-2H3. The van der Waals surface area contributed by atoms with E-state index in [0.717, 1.165) is 12.8 Å². The molecule has 0 aliphatic heterocycles. The topological polar surface area (TPSA) is 65.0 Å². The van der Waals surface area contributed by atoms with Gasteiger partial charge in [0.25, 0.3) is 0 Å². The molecule has 0 atom stereocenters. The number of esters is 1. The lowest BCUT2D eigenvalue weighted by atomic mass is 10.0. The maximum absolute atomic E-state index is 14.6. The molecule has 0 bridgehead atoms. The van der Waals surface area contributed by atoms with Crippen LogP contribution in [0.2, 0.25) is 0 Å². The van der Waals surface area contributed by atoms with Crippen molar-refractivity contribution in [3.05, 3.63) is 77.4 Å². The molecule has 33 heavy (non-hydrogen) atoms. The van der Waals surface area contributed by atoms with Gasteiger partial charge >= 0.3 is 5.97 Å². The Balaban J connectivity index is 1.78. The van der Waals surface area contributed by atoms with Crippen LogP contribution in [0.1, 0.15) is 42.6 Å². The Morgan fingerprint density at radius 2 is 1.64 bits per heavy atom. The van der Waals surface area contributed by atoms with Gasteiger partial charge in [0.05, 0.1) is 25.4 Å². The molecular weight excluding hydrogens is 430 g/mol. The van der Waals surface area contributed by atoms with Gasteiger partial charge in [-0.15, -0.1) is 0 Å². The molecule has 0 saturated carbocycles. The second kappa shape index (κ2) is 11.4. The van der Waals surface area contributed by atoms with E-state index in [4.69, 9.17) is 14.2 Å². The highest BCUT2D eigenvalue weighted by atomic mass is 19.2. The average Bonchev–Trinajstić information content (AvgIpc) is 2.83. The van der Waals surface area contributed by atoms with E-state index in [9.17, 15) is 18.7 Å². The molecule has 0 saturated heterocycles. The molecule has 3 aromatic rings. The molecule has 0 spiro atoms. The van der Waals surface area contributed by atoms with Gasteiger partial charge < -0.3 is 19.3 Å². The first-order chi connectivity index (χ1) is 16.0. The number of hydrogen-bond acceptors (Lipinski definition) is 5. The fourth-order valence-electron chi connectivity index (χ4n) is 3.17. The third kappa shape index (κ3) is 5.87. The number of aliphatic hydroxyl groups excluding tert-OH is 1. The fourth-order valence-corrected chi connectivity index (χ4v) is 3.17. The van der Waals surface area contributed by atoms with E-state index in [1.54, 1.807) is 31.2 Å². The number of unbranched alkanes of at least 4 members (excludes halogenated alkanes) is 1. The molecule has 0 aliphatic carbocycles. The number of halogens is 2. The van der Waals surface area contributed by atoms with Crippen molar-refractivity contribution in [3.8, 4) is 28.4 Å². The van der Waals surface area contributed by atoms with E-state index in [1.165, 1.54) is 30.3 Å². The first kappa shape index (κ1) is 24.2. The summed E-state index contributed by atoms with van der Waals surface area (Å²) in [6.45, 7) is 4.10. The molecule has 0 radical (unpaired) electrons. The van der Waals surface area contributed by atoms with Gasteiger partial charge in [0.1, 0.15) is 11.5 Å². The van der Waals surface area contributed by atoms with Gasteiger partial charge in [-0.2, -0.15) is 4.39 Å². The summed E-state index contributed by atoms with van der Waals surface area (Å²) in [6.07, 6.45) is 1.97. The van der Waals surface area contributed by atoms with Gasteiger partial charge in [0, 0.05) is 11.1 Å². The summed E-state index contributed by atoms with van der Waals surface area (Å²) in [5.74, 6) is -2.15. The zero-order valence-corrected chi connectivity index (χ0v) is 18.6. The van der Waals surface area contributed by atoms with Crippen LogP contribution in [0, 0.1) is 11.6 Å². The lowest BCUT2D eigenvalue weighted by molar-refractivity contribution is 0.0731. The number of hydrogen-bond donors (Lipinski definition) is 1. The highest BCUT2D eigenvalue weighted by Crippen LogP contribution is 2.33. The Morgan fingerprint density at radius 1 is 0.909 bits per heavy atom. The van der Waals surface area contributed by atoms with Crippen LogP contribution in [-0.4, -0.2) is 24.3 Å². The van der Waals surface area contributed by atoms with Gasteiger partial charge in [-0.25, -0.2) is 9.18 Å². The molecule has 0 heterocycles. The van der Waals surface area contributed by atoms with Gasteiger partial charge in [0.15, 0.2) is 11.6 Å². The van der Waals surface area contributed by atoms with Crippen LogP contribution in [0.15, 0.2) is 54.6 Å². The third-order valence-electron chi connectivity index (χ3n) is 4.95. The maximum atomic E-state index is 14.6. The second-order valence-electron chi connectivity index (χ2n) is 7.27. The minimum absolute atomic E-state index is 0.00203. The molecule has 0 fully saturated rings. The Kier molecular flexibility index (Phi) is 8.38. The summed E-state index contributed by atoms with van der Waals surface area (Å²) in [5.41, 5.74) is 0.897. The van der Waals surface area contributed by atoms with E-state index >= 15 is 0 Å². The van der Waals surface area contributed by atoms with E-state index < -0.39 is 24.2 Å². The molecule has 5 nitrogen and oxygen atoms in total. The molecule has 1 N–H and O–H groups in total. The summed E-state index contributed by atoms with van der Waals surface area (Å²) in [4.78, 5) is 12.5. The number of carbonyl (C=O) groups is 1. The third-order valence-corrected chi connectivity index (χ3v) is 4.95. The van der Waals surface area contributed by atoms with Crippen LogP contribution in [0.3, 0.4) is 0 Å². The molecule has 0 aliphatic rings. The maximum Gasteiger partial charge on any atom is 0.343 e. The molecule has 3 rings (SSSR count). The summed E-state index contributed by atoms with van der Waals surface area (Å²) in [6, 6.07) is 13.7. The smallest absolute Gasteiger partial charge is 0.343 e. The van der Waals surface area contributed by atoms with Crippen LogP contribution in [0.4, 0.5) is 8.78 Å². The van der Waals surface area contributed by atoms with Crippen LogP contribution in [-0.2, 0) is 6.61 Å². The Labute approximate surface area is 191 Å². The van der Waals surface area contributed by atoms with Crippen LogP contribution >= 0.6 is 0 Å². The lowest BCUT2D eigenvalue weighted by Gasteiger charge is -2.13. The predicted octanol–water partition coefficient (Wildman–Crippen LogP) is 5.92. The number of carbonyl (C=O) groups excluding carboxylic acids is 1. The zero-order chi connectivity index (χ0) is 23.8. The van der Waals surface area contributed by atoms with Crippen molar-refractivity contribution in [2.75, 3.05) is 13.2 Å². The summed E-state index contributed by atoms with van der Waals surface area (Å²) >= 11 is 0. The van der Waals surface area contributed by atoms with Crippen molar-refractivity contribution < 1.29 is 32.9 Å². The van der Waals surface area contributed by atoms with Gasteiger partial charge in [0.2, 0.25) is 5.82 Å². The average molecular weight is 456 g/mol. The SMILES string of the molecule is CCCCOc1ccc(C(=O)Oc2ccc(-c3ccc(OCC)c(F)c3F)cc2CO)cc1. The molecule has 174 valence electrons. The summed E-state index contributed by atoms with van der Waals surface area (Å²) in [7, 11) is 0. The van der Waals surface area contributed by atoms with Crippen molar-refractivity contribution in [1.82, 2.24) is 0 Å². The minimum Gasteiger partial charge on any atom is -0.494 e. The van der Waals surface area contributed by atoms with E-state index in [1.807, 2.05) is 0 Å². The van der Waals surface area contributed by atoms with Crippen molar-refractivity contribution >= 4 is 5.97 Å². The normalized spacial score (nSPS) is 10.7. The largest absolute Gasteiger partial charge is 0.494 e. The number of benzene rings is 3. The highest BCUT2D eigenvalue weighted by molar-refractivity contribution is 5.91. The fraction of sp³-hybridized carbons (Fsp3) is 0.269. The Hall–Kier alpha value is -3.45. The first-order valence-electron chi connectivity index (χ1n) is 10.8. The van der Waals surface area contributed by atoms with Crippen molar-refractivity contribution in [2.45, 2.75) is 33.3 Å². The van der Waals surface area contributed by atoms with E-state index in [0.29, 0.717) is 23.5 Å². The molecule has 7 heteroatoms. The summed E-state index contributed by atoms with van der Waals surface area (Å²) in [5, 5.41) is 9.75. The van der Waals surface area contributed by atoms with E-state index in [-0.39, 0.29) is 29.2 Å². The van der Waals surface area contributed by atoms with Crippen LogP contribution < -0.4 is 14.2 Å². The number of rotatable bonds is 10. The predicted molar refractivity (Wildman–Crippen MR) is 121 cm³/mol. The monoisotopic (exact) mass is 456 g/mol. The second-order valence-corrected chi connectivity index (χ2v) is 7.27. The van der Waals surface area contributed by atoms with E-state index in [2.05, 4.69) is 6.92 Å². The van der Waals surface area contributed by atoms with Crippen LogP contribution in [0.5, 0.6) is 17.2 Å². The molecule has 3 aromatic carbocycles. The van der Waals surface area contributed by atoms with Gasteiger partial charge in [-0.1, -0.05) is 19.4 Å². The summed E-state index contributed by atoms with van der Waals surface area (Å²) < 4.78 is 44.9. The number of aliphatic hydroxyl groups is 1.